The molecule has 0 aliphatic rings. The number of ether oxygens (including phenoxy) is 1. The van der Waals surface area contributed by atoms with E-state index in [0.717, 1.165) is 0 Å². The van der Waals surface area contributed by atoms with Gasteiger partial charge in [-0.15, -0.1) is 11.8 Å². The normalized spacial score (nSPS) is 9.70. The van der Waals surface area contributed by atoms with Crippen molar-refractivity contribution in [2.45, 2.75) is 12.8 Å². The second-order valence-corrected chi connectivity index (χ2v) is 2.60. The molecule has 60 valence electrons. The van der Waals surface area contributed by atoms with Crippen molar-refractivity contribution in [3.63, 3.8) is 0 Å². The molecule has 0 unspecified atom stereocenters. The maximum absolute atomic E-state index is 9.86. The highest BCUT2D eigenvalue weighted by atomic mass is 32.2. The molecule has 0 aliphatic carbocycles. The molecule has 0 aromatic heterocycles. The molecule has 4 heteroatoms. The summed E-state index contributed by atoms with van der Waals surface area (Å²) >= 11 is 1.58. The standard InChI is InChI=1S/C6H12O3S/c1-10-5-9-4-2-3-6(7)8/h2-5H2,1H3,(H,7,8)/p-1. The van der Waals surface area contributed by atoms with Gasteiger partial charge in [-0.3, -0.25) is 0 Å². The third kappa shape index (κ3) is 7.78. The maximum Gasteiger partial charge on any atom is 0.0918 e. The molecule has 0 atom stereocenters. The quantitative estimate of drug-likeness (QED) is 0.404. The topological polar surface area (TPSA) is 49.4 Å². The second-order valence-electron chi connectivity index (χ2n) is 1.79. The minimum atomic E-state index is -1.01. The average molecular weight is 163 g/mol. The molecule has 0 bridgehead atoms. The molecule has 0 rings (SSSR count). The number of rotatable bonds is 6. The monoisotopic (exact) mass is 163 g/mol. The molecular formula is C6H11O3S-. The molecule has 0 heterocycles. The van der Waals surface area contributed by atoms with Crippen LogP contribution in [0.5, 0.6) is 0 Å². The van der Waals surface area contributed by atoms with Gasteiger partial charge in [0.1, 0.15) is 0 Å². The van der Waals surface area contributed by atoms with Gasteiger partial charge in [-0.25, -0.2) is 0 Å². The van der Waals surface area contributed by atoms with Crippen molar-refractivity contribution in [2.24, 2.45) is 0 Å². The van der Waals surface area contributed by atoms with Gasteiger partial charge < -0.3 is 14.6 Å². The number of hydrogen-bond acceptors (Lipinski definition) is 4. The summed E-state index contributed by atoms with van der Waals surface area (Å²) in [5, 5.41) is 9.86. The van der Waals surface area contributed by atoms with E-state index in [1.165, 1.54) is 0 Å². The fourth-order valence-electron chi connectivity index (χ4n) is 0.461. The zero-order valence-electron chi connectivity index (χ0n) is 5.96. The van der Waals surface area contributed by atoms with Crippen molar-refractivity contribution in [2.75, 3.05) is 18.8 Å². The summed E-state index contributed by atoms with van der Waals surface area (Å²) in [5.41, 5.74) is 0. The molecule has 0 amide bonds. The van der Waals surface area contributed by atoms with Crippen LogP contribution in [0.25, 0.3) is 0 Å². The Labute approximate surface area is 64.8 Å². The number of thioether (sulfide) groups is 1. The van der Waals surface area contributed by atoms with Gasteiger partial charge in [0.05, 0.1) is 5.94 Å². The van der Waals surface area contributed by atoms with E-state index in [2.05, 4.69) is 0 Å². The van der Waals surface area contributed by atoms with E-state index in [1.54, 1.807) is 11.8 Å². The third-order valence-corrected chi connectivity index (χ3v) is 1.27. The van der Waals surface area contributed by atoms with Crippen molar-refractivity contribution in [3.8, 4) is 0 Å². The van der Waals surface area contributed by atoms with Gasteiger partial charge >= 0.3 is 0 Å². The Morgan fingerprint density at radius 3 is 2.90 bits per heavy atom. The molecule has 0 aliphatic heterocycles. The zero-order chi connectivity index (χ0) is 7.82. The number of carbonyl (C=O) groups is 1. The summed E-state index contributed by atoms with van der Waals surface area (Å²) in [4.78, 5) is 9.86. The first-order valence-electron chi connectivity index (χ1n) is 3.04. The van der Waals surface area contributed by atoms with Gasteiger partial charge in [0.25, 0.3) is 0 Å². The molecule has 0 spiro atoms. The van der Waals surface area contributed by atoms with Gasteiger partial charge in [-0.1, -0.05) is 0 Å². The van der Waals surface area contributed by atoms with E-state index in [1.807, 2.05) is 6.26 Å². The van der Waals surface area contributed by atoms with Gasteiger partial charge in [0, 0.05) is 12.6 Å². The van der Waals surface area contributed by atoms with Crippen molar-refractivity contribution in [3.05, 3.63) is 0 Å². The maximum atomic E-state index is 9.86. The van der Waals surface area contributed by atoms with Crippen LogP contribution < -0.4 is 5.11 Å². The van der Waals surface area contributed by atoms with Crippen LogP contribution in [0.4, 0.5) is 0 Å². The highest BCUT2D eigenvalue weighted by Gasteiger charge is 1.87. The van der Waals surface area contributed by atoms with Crippen LogP contribution in [-0.2, 0) is 9.53 Å². The van der Waals surface area contributed by atoms with Crippen molar-refractivity contribution in [1.82, 2.24) is 0 Å². The molecule has 10 heavy (non-hydrogen) atoms. The molecule has 0 aromatic rings. The Morgan fingerprint density at radius 1 is 1.70 bits per heavy atom. The lowest BCUT2D eigenvalue weighted by Gasteiger charge is -2.01. The Kier molecular flexibility index (Phi) is 6.74. The van der Waals surface area contributed by atoms with E-state index in [4.69, 9.17) is 4.74 Å². The number of aliphatic carboxylic acids is 1. The Balaban J connectivity index is 2.84. The molecule has 0 fully saturated rings. The Hall–Kier alpha value is -0.220. The average Bonchev–Trinajstić information content (AvgIpc) is 1.87. The number of carboxylic acid groups (broad SMARTS) is 1. The van der Waals surface area contributed by atoms with Crippen LogP contribution in [0.15, 0.2) is 0 Å². The smallest absolute Gasteiger partial charge is 0.0918 e. The van der Waals surface area contributed by atoms with E-state index in [-0.39, 0.29) is 6.42 Å². The lowest BCUT2D eigenvalue weighted by Crippen LogP contribution is -2.22. The largest absolute Gasteiger partial charge is 0.550 e. The first-order chi connectivity index (χ1) is 4.77. The first-order valence-corrected chi connectivity index (χ1v) is 4.43. The fourth-order valence-corrected chi connectivity index (χ4v) is 0.745. The zero-order valence-corrected chi connectivity index (χ0v) is 6.78. The number of carboxylic acids is 1. The van der Waals surface area contributed by atoms with Crippen molar-refractivity contribution < 1.29 is 14.6 Å². The van der Waals surface area contributed by atoms with Crippen LogP contribution in [0.3, 0.4) is 0 Å². The van der Waals surface area contributed by atoms with Crippen LogP contribution >= 0.6 is 11.8 Å². The molecule has 3 nitrogen and oxygen atoms in total. The molecule has 0 radical (unpaired) electrons. The van der Waals surface area contributed by atoms with Gasteiger partial charge in [-0.05, 0) is 19.1 Å². The van der Waals surface area contributed by atoms with Gasteiger partial charge in [0.15, 0.2) is 0 Å². The molecule has 0 saturated carbocycles. The molecule has 0 N–H and O–H groups in total. The summed E-state index contributed by atoms with van der Waals surface area (Å²) < 4.78 is 5.01. The number of carbonyl (C=O) groups excluding carboxylic acids is 1. The summed E-state index contributed by atoms with van der Waals surface area (Å²) in [5.74, 6) is -0.375. The fraction of sp³-hybridized carbons (Fsp3) is 0.833. The Bertz CT molecular complexity index is 95.0. The SMILES string of the molecule is CSCOCCCC(=O)[O-]. The highest BCUT2D eigenvalue weighted by Crippen LogP contribution is 1.94. The van der Waals surface area contributed by atoms with Crippen LogP contribution in [0.1, 0.15) is 12.8 Å². The van der Waals surface area contributed by atoms with Crippen molar-refractivity contribution >= 4 is 17.7 Å². The number of hydrogen-bond donors (Lipinski definition) is 0. The lowest BCUT2D eigenvalue weighted by atomic mass is 10.3. The summed E-state index contributed by atoms with van der Waals surface area (Å²) in [6, 6.07) is 0. The van der Waals surface area contributed by atoms with Crippen LogP contribution in [0, 0.1) is 0 Å². The molecular weight excluding hydrogens is 152 g/mol. The van der Waals surface area contributed by atoms with E-state index in [0.29, 0.717) is 19.0 Å². The minimum Gasteiger partial charge on any atom is -0.550 e. The van der Waals surface area contributed by atoms with E-state index < -0.39 is 5.97 Å². The van der Waals surface area contributed by atoms with Gasteiger partial charge in [-0.2, -0.15) is 0 Å². The second kappa shape index (κ2) is 6.89. The predicted molar refractivity (Wildman–Crippen MR) is 38.6 cm³/mol. The summed E-state index contributed by atoms with van der Waals surface area (Å²) in [6.07, 6.45) is 2.57. The van der Waals surface area contributed by atoms with Gasteiger partial charge in [0.2, 0.25) is 0 Å². The highest BCUT2D eigenvalue weighted by molar-refractivity contribution is 7.98. The van der Waals surface area contributed by atoms with Crippen LogP contribution in [0.2, 0.25) is 0 Å². The van der Waals surface area contributed by atoms with Crippen molar-refractivity contribution in [1.29, 1.82) is 0 Å². The summed E-state index contributed by atoms with van der Waals surface area (Å²) in [6.45, 7) is 0.509. The predicted octanol–water partition coefficient (Wildman–Crippen LogP) is -0.146. The Morgan fingerprint density at radius 2 is 2.40 bits per heavy atom. The minimum absolute atomic E-state index is 0.0916. The summed E-state index contributed by atoms with van der Waals surface area (Å²) in [7, 11) is 0. The lowest BCUT2D eigenvalue weighted by molar-refractivity contribution is -0.305. The molecule has 0 aromatic carbocycles. The molecule has 0 saturated heterocycles. The first kappa shape index (κ1) is 9.78. The van der Waals surface area contributed by atoms with E-state index >= 15 is 0 Å². The van der Waals surface area contributed by atoms with E-state index in [9.17, 15) is 9.90 Å². The van der Waals surface area contributed by atoms with Crippen LogP contribution in [-0.4, -0.2) is 24.8 Å². The third-order valence-electron chi connectivity index (χ3n) is 0.871.